The number of thiophene rings is 1. The highest BCUT2D eigenvalue weighted by molar-refractivity contribution is 7.07. The number of nitrogens with two attached hydrogens (primary N) is 1. The second-order valence-electron chi connectivity index (χ2n) is 3.63. The van der Waals surface area contributed by atoms with Crippen molar-refractivity contribution in [3.05, 3.63) is 22.4 Å². The minimum Gasteiger partial charge on any atom is -0.324 e. The van der Waals surface area contributed by atoms with E-state index in [0.29, 0.717) is 6.04 Å². The molecule has 1 fully saturated rings. The second kappa shape index (κ2) is 4.99. The summed E-state index contributed by atoms with van der Waals surface area (Å²) in [5.41, 5.74) is 7.49. The van der Waals surface area contributed by atoms with Crippen LogP contribution in [0.2, 0.25) is 0 Å². The van der Waals surface area contributed by atoms with E-state index in [4.69, 9.17) is 5.73 Å². The van der Waals surface area contributed by atoms with Gasteiger partial charge in [-0.05, 0) is 41.1 Å². The predicted molar refractivity (Wildman–Crippen MR) is 60.5 cm³/mol. The Morgan fingerprint density at radius 3 is 2.62 bits per heavy atom. The first-order valence-corrected chi connectivity index (χ1v) is 5.60. The first-order chi connectivity index (χ1) is 5.88. The molecule has 1 heterocycles. The van der Waals surface area contributed by atoms with Crippen molar-refractivity contribution in [1.29, 1.82) is 0 Å². The van der Waals surface area contributed by atoms with Crippen molar-refractivity contribution in [2.24, 2.45) is 11.7 Å². The van der Waals surface area contributed by atoms with Crippen molar-refractivity contribution in [3.63, 3.8) is 0 Å². The number of hydrogen-bond donors (Lipinski definition) is 1. The molecule has 0 unspecified atom stereocenters. The fraction of sp³-hybridized carbons (Fsp3) is 0.600. The Balaban J connectivity index is 0.000000845. The molecular formula is C10H16ClNS. The summed E-state index contributed by atoms with van der Waals surface area (Å²) in [5, 5.41) is 4.30. The monoisotopic (exact) mass is 217 g/mol. The number of hydrogen-bond acceptors (Lipinski definition) is 2. The van der Waals surface area contributed by atoms with Crippen molar-refractivity contribution in [2.45, 2.75) is 31.7 Å². The van der Waals surface area contributed by atoms with E-state index < -0.39 is 0 Å². The van der Waals surface area contributed by atoms with E-state index in [0.717, 1.165) is 5.92 Å². The Morgan fingerprint density at radius 2 is 2.08 bits per heavy atom. The average molecular weight is 218 g/mol. The van der Waals surface area contributed by atoms with Crippen LogP contribution in [0.5, 0.6) is 0 Å². The molecule has 0 saturated heterocycles. The summed E-state index contributed by atoms with van der Waals surface area (Å²) >= 11 is 1.75. The zero-order chi connectivity index (χ0) is 8.39. The van der Waals surface area contributed by atoms with Gasteiger partial charge in [0.05, 0.1) is 0 Å². The lowest BCUT2D eigenvalue weighted by atomic mass is 9.94. The maximum atomic E-state index is 6.15. The molecule has 1 aliphatic rings. The lowest BCUT2D eigenvalue weighted by molar-refractivity contribution is 0.446. The summed E-state index contributed by atoms with van der Waals surface area (Å²) in [4.78, 5) is 0. The Kier molecular flexibility index (Phi) is 4.23. The maximum absolute atomic E-state index is 6.15. The summed E-state index contributed by atoms with van der Waals surface area (Å²) in [7, 11) is 0. The molecule has 74 valence electrons. The molecule has 2 rings (SSSR count). The molecule has 0 amide bonds. The van der Waals surface area contributed by atoms with Gasteiger partial charge in [-0.2, -0.15) is 11.3 Å². The summed E-state index contributed by atoms with van der Waals surface area (Å²) < 4.78 is 0. The first kappa shape index (κ1) is 11.0. The van der Waals surface area contributed by atoms with E-state index in [1.807, 2.05) is 0 Å². The van der Waals surface area contributed by atoms with Crippen molar-refractivity contribution in [1.82, 2.24) is 0 Å². The van der Waals surface area contributed by atoms with Gasteiger partial charge in [-0.3, -0.25) is 0 Å². The Labute approximate surface area is 89.7 Å². The largest absolute Gasteiger partial charge is 0.324 e. The zero-order valence-electron chi connectivity index (χ0n) is 7.61. The van der Waals surface area contributed by atoms with Crippen LogP contribution in [0.4, 0.5) is 0 Å². The summed E-state index contributed by atoms with van der Waals surface area (Å²) in [6.45, 7) is 0. The van der Waals surface area contributed by atoms with Crippen LogP contribution in [0.25, 0.3) is 0 Å². The minimum atomic E-state index is 0. The van der Waals surface area contributed by atoms with E-state index in [1.54, 1.807) is 11.3 Å². The SMILES string of the molecule is Cl.N[C@H](c1ccsc1)C1CCCC1. The van der Waals surface area contributed by atoms with E-state index in [2.05, 4.69) is 16.8 Å². The van der Waals surface area contributed by atoms with Crippen LogP contribution in [0, 0.1) is 5.92 Å². The van der Waals surface area contributed by atoms with Gasteiger partial charge in [-0.1, -0.05) is 12.8 Å². The van der Waals surface area contributed by atoms with Gasteiger partial charge in [0, 0.05) is 6.04 Å². The molecule has 1 saturated carbocycles. The Bertz CT molecular complexity index is 229. The lowest BCUT2D eigenvalue weighted by Gasteiger charge is -2.17. The van der Waals surface area contributed by atoms with Gasteiger partial charge in [0.25, 0.3) is 0 Å². The third kappa shape index (κ3) is 2.46. The van der Waals surface area contributed by atoms with Gasteiger partial charge in [0.1, 0.15) is 0 Å². The molecule has 3 heteroatoms. The van der Waals surface area contributed by atoms with E-state index in [1.165, 1.54) is 31.2 Å². The molecule has 13 heavy (non-hydrogen) atoms. The highest BCUT2D eigenvalue weighted by Crippen LogP contribution is 2.34. The van der Waals surface area contributed by atoms with Crippen molar-refractivity contribution < 1.29 is 0 Å². The van der Waals surface area contributed by atoms with Crippen LogP contribution >= 0.6 is 23.7 Å². The third-order valence-electron chi connectivity index (χ3n) is 2.84. The smallest absolute Gasteiger partial charge is 0.0331 e. The van der Waals surface area contributed by atoms with Gasteiger partial charge in [0.15, 0.2) is 0 Å². The third-order valence-corrected chi connectivity index (χ3v) is 3.54. The van der Waals surface area contributed by atoms with Gasteiger partial charge in [-0.25, -0.2) is 0 Å². The molecule has 1 aliphatic carbocycles. The molecular weight excluding hydrogens is 202 g/mol. The number of halogens is 1. The standard InChI is InChI=1S/C10H15NS.ClH/c11-10(8-3-1-2-4-8)9-5-6-12-7-9;/h5-8,10H,1-4,11H2;1H/t10-;/m0./s1. The molecule has 0 spiro atoms. The van der Waals surface area contributed by atoms with Gasteiger partial charge in [0.2, 0.25) is 0 Å². The van der Waals surface area contributed by atoms with Crippen molar-refractivity contribution in [3.8, 4) is 0 Å². The Hall–Kier alpha value is -0.0500. The fourth-order valence-electron chi connectivity index (χ4n) is 2.05. The van der Waals surface area contributed by atoms with Crippen LogP contribution in [-0.2, 0) is 0 Å². The molecule has 0 aromatic carbocycles. The highest BCUT2D eigenvalue weighted by atomic mass is 35.5. The van der Waals surface area contributed by atoms with Crippen LogP contribution in [-0.4, -0.2) is 0 Å². The molecule has 1 nitrogen and oxygen atoms in total. The molecule has 1 aromatic heterocycles. The normalized spacial score (nSPS) is 19.8. The molecule has 0 bridgehead atoms. The second-order valence-corrected chi connectivity index (χ2v) is 4.41. The van der Waals surface area contributed by atoms with Gasteiger partial charge >= 0.3 is 0 Å². The minimum absolute atomic E-state index is 0. The van der Waals surface area contributed by atoms with E-state index >= 15 is 0 Å². The van der Waals surface area contributed by atoms with Gasteiger partial charge in [-0.15, -0.1) is 12.4 Å². The van der Waals surface area contributed by atoms with Gasteiger partial charge < -0.3 is 5.73 Å². The summed E-state index contributed by atoms with van der Waals surface area (Å²) in [6, 6.07) is 2.46. The molecule has 2 N–H and O–H groups in total. The van der Waals surface area contributed by atoms with Crippen molar-refractivity contribution in [2.75, 3.05) is 0 Å². The molecule has 0 radical (unpaired) electrons. The predicted octanol–water partition coefficient (Wildman–Crippen LogP) is 3.36. The topological polar surface area (TPSA) is 26.0 Å². The van der Waals surface area contributed by atoms with Crippen LogP contribution < -0.4 is 5.73 Å². The zero-order valence-corrected chi connectivity index (χ0v) is 9.24. The number of rotatable bonds is 2. The fourth-order valence-corrected chi connectivity index (χ4v) is 2.76. The average Bonchev–Trinajstić information content (AvgIpc) is 2.77. The first-order valence-electron chi connectivity index (χ1n) is 4.65. The summed E-state index contributed by atoms with van der Waals surface area (Å²) in [5.74, 6) is 0.750. The van der Waals surface area contributed by atoms with Crippen LogP contribution in [0.1, 0.15) is 37.3 Å². The molecule has 1 atom stereocenters. The quantitative estimate of drug-likeness (QED) is 0.808. The Morgan fingerprint density at radius 1 is 1.38 bits per heavy atom. The molecule has 1 aromatic rings. The maximum Gasteiger partial charge on any atom is 0.0331 e. The van der Waals surface area contributed by atoms with Crippen LogP contribution in [0.15, 0.2) is 16.8 Å². The molecule has 0 aliphatic heterocycles. The van der Waals surface area contributed by atoms with Crippen LogP contribution in [0.3, 0.4) is 0 Å². The van der Waals surface area contributed by atoms with Crippen molar-refractivity contribution >= 4 is 23.7 Å². The highest BCUT2D eigenvalue weighted by Gasteiger charge is 2.22. The van der Waals surface area contributed by atoms with E-state index in [9.17, 15) is 0 Å². The summed E-state index contributed by atoms with van der Waals surface area (Å²) in [6.07, 6.45) is 5.42. The lowest BCUT2D eigenvalue weighted by Crippen LogP contribution is -2.18. The van der Waals surface area contributed by atoms with E-state index in [-0.39, 0.29) is 12.4 Å².